The molecule has 0 fully saturated rings. The summed E-state index contributed by atoms with van der Waals surface area (Å²) in [7, 11) is 0. The third kappa shape index (κ3) is 6.28. The van der Waals surface area contributed by atoms with E-state index < -0.39 is 5.92 Å². The van der Waals surface area contributed by atoms with Crippen LogP contribution in [-0.2, 0) is 4.79 Å². The van der Waals surface area contributed by atoms with Gasteiger partial charge in [0.25, 0.3) is 0 Å². The Balaban J connectivity index is 4.14. The van der Waals surface area contributed by atoms with E-state index in [-0.39, 0.29) is 11.9 Å². The molecule has 0 aromatic heterocycles. The summed E-state index contributed by atoms with van der Waals surface area (Å²) in [4.78, 5) is 14.0. The number of likely N-dealkylation sites (N-methyl/N-ethyl adjacent to an activating group) is 1. The topological polar surface area (TPSA) is 56.1 Å². The molecule has 0 heterocycles. The standard InChI is InChI=1S/C13H25N3O/c1-5-8-12(9-14)13(17)15-11(4)10-16(6-2)7-3/h11-12H,5-8,10H2,1-4H3,(H,15,17). The number of nitrogens with zero attached hydrogens (tertiary/aromatic N) is 2. The number of nitrogens with one attached hydrogen (secondary N) is 1. The van der Waals surface area contributed by atoms with Crippen LogP contribution in [0.5, 0.6) is 0 Å². The summed E-state index contributed by atoms with van der Waals surface area (Å²) in [5.41, 5.74) is 0. The highest BCUT2D eigenvalue weighted by Gasteiger charge is 2.19. The number of amides is 1. The van der Waals surface area contributed by atoms with Gasteiger partial charge in [-0.1, -0.05) is 27.2 Å². The molecule has 1 N–H and O–H groups in total. The Morgan fingerprint density at radius 1 is 1.35 bits per heavy atom. The first-order chi connectivity index (χ1) is 8.08. The maximum Gasteiger partial charge on any atom is 0.237 e. The smallest absolute Gasteiger partial charge is 0.237 e. The van der Waals surface area contributed by atoms with Crippen molar-refractivity contribution in [1.29, 1.82) is 5.26 Å². The number of carbonyl (C=O) groups excluding carboxylic acids is 1. The minimum Gasteiger partial charge on any atom is -0.351 e. The van der Waals surface area contributed by atoms with Gasteiger partial charge in [-0.25, -0.2) is 0 Å². The van der Waals surface area contributed by atoms with Crippen molar-refractivity contribution in [2.75, 3.05) is 19.6 Å². The van der Waals surface area contributed by atoms with Crippen molar-refractivity contribution < 1.29 is 4.79 Å². The van der Waals surface area contributed by atoms with Crippen molar-refractivity contribution in [3.8, 4) is 6.07 Å². The van der Waals surface area contributed by atoms with Crippen molar-refractivity contribution in [2.45, 2.75) is 46.6 Å². The van der Waals surface area contributed by atoms with E-state index in [2.05, 4.69) is 30.1 Å². The zero-order valence-corrected chi connectivity index (χ0v) is 11.5. The molecule has 2 atom stereocenters. The maximum atomic E-state index is 11.8. The van der Waals surface area contributed by atoms with E-state index >= 15 is 0 Å². The molecule has 0 saturated carbocycles. The predicted molar refractivity (Wildman–Crippen MR) is 69.4 cm³/mol. The van der Waals surface area contributed by atoms with Crippen LogP contribution in [0.2, 0.25) is 0 Å². The fourth-order valence-electron chi connectivity index (χ4n) is 1.80. The van der Waals surface area contributed by atoms with E-state index in [1.54, 1.807) is 0 Å². The summed E-state index contributed by atoms with van der Waals surface area (Å²) < 4.78 is 0. The molecule has 0 aliphatic heterocycles. The van der Waals surface area contributed by atoms with Gasteiger partial charge in [0.15, 0.2) is 0 Å². The van der Waals surface area contributed by atoms with E-state index in [9.17, 15) is 4.79 Å². The van der Waals surface area contributed by atoms with Gasteiger partial charge in [-0.05, 0) is 26.4 Å². The molecule has 1 amide bonds. The van der Waals surface area contributed by atoms with Crippen molar-refractivity contribution in [3.05, 3.63) is 0 Å². The molecule has 17 heavy (non-hydrogen) atoms. The molecular formula is C13H25N3O. The average molecular weight is 239 g/mol. The van der Waals surface area contributed by atoms with Crippen molar-refractivity contribution in [3.63, 3.8) is 0 Å². The first kappa shape index (κ1) is 15.9. The van der Waals surface area contributed by atoms with Crippen molar-refractivity contribution in [1.82, 2.24) is 10.2 Å². The monoisotopic (exact) mass is 239 g/mol. The quantitative estimate of drug-likeness (QED) is 0.702. The van der Waals surface area contributed by atoms with Crippen molar-refractivity contribution in [2.24, 2.45) is 5.92 Å². The predicted octanol–water partition coefficient (Wildman–Crippen LogP) is 1.77. The molecular weight excluding hydrogens is 214 g/mol. The van der Waals surface area contributed by atoms with Gasteiger partial charge >= 0.3 is 0 Å². The van der Waals surface area contributed by atoms with E-state index in [0.717, 1.165) is 26.1 Å². The Bertz CT molecular complexity index is 256. The van der Waals surface area contributed by atoms with Gasteiger partial charge < -0.3 is 10.2 Å². The summed E-state index contributed by atoms with van der Waals surface area (Å²) in [6, 6.07) is 2.16. The lowest BCUT2D eigenvalue weighted by molar-refractivity contribution is -0.124. The van der Waals surface area contributed by atoms with Crippen LogP contribution in [0.1, 0.15) is 40.5 Å². The van der Waals surface area contributed by atoms with E-state index in [0.29, 0.717) is 6.42 Å². The second kappa shape index (κ2) is 9.00. The second-order valence-electron chi connectivity index (χ2n) is 4.37. The highest BCUT2D eigenvalue weighted by Crippen LogP contribution is 2.05. The van der Waals surface area contributed by atoms with Crippen LogP contribution in [0.3, 0.4) is 0 Å². The van der Waals surface area contributed by atoms with Gasteiger partial charge in [0.05, 0.1) is 6.07 Å². The highest BCUT2D eigenvalue weighted by molar-refractivity contribution is 5.81. The van der Waals surface area contributed by atoms with Crippen LogP contribution in [0.15, 0.2) is 0 Å². The van der Waals surface area contributed by atoms with E-state index in [1.165, 1.54) is 0 Å². The summed E-state index contributed by atoms with van der Waals surface area (Å²) >= 11 is 0. The van der Waals surface area contributed by atoms with Crippen LogP contribution < -0.4 is 5.32 Å². The first-order valence-corrected chi connectivity index (χ1v) is 6.51. The van der Waals surface area contributed by atoms with Gasteiger partial charge in [0.1, 0.15) is 5.92 Å². The van der Waals surface area contributed by atoms with Gasteiger partial charge in [-0.15, -0.1) is 0 Å². The summed E-state index contributed by atoms with van der Waals surface area (Å²) in [6.07, 6.45) is 1.50. The second-order valence-corrected chi connectivity index (χ2v) is 4.37. The largest absolute Gasteiger partial charge is 0.351 e. The van der Waals surface area contributed by atoms with Crippen LogP contribution in [0, 0.1) is 17.2 Å². The molecule has 0 aromatic rings. The summed E-state index contributed by atoms with van der Waals surface area (Å²) in [6.45, 7) is 11.0. The zero-order valence-electron chi connectivity index (χ0n) is 11.5. The van der Waals surface area contributed by atoms with Crippen LogP contribution in [0.25, 0.3) is 0 Å². The van der Waals surface area contributed by atoms with E-state index in [4.69, 9.17) is 5.26 Å². The lowest BCUT2D eigenvalue weighted by Gasteiger charge is -2.24. The van der Waals surface area contributed by atoms with Gasteiger partial charge in [0.2, 0.25) is 5.91 Å². The number of hydrogen-bond donors (Lipinski definition) is 1. The van der Waals surface area contributed by atoms with Crippen molar-refractivity contribution >= 4 is 5.91 Å². The zero-order chi connectivity index (χ0) is 13.3. The number of rotatable bonds is 8. The van der Waals surface area contributed by atoms with Gasteiger partial charge in [-0.2, -0.15) is 5.26 Å². The molecule has 0 rings (SSSR count). The minimum absolute atomic E-state index is 0.0927. The molecule has 0 aromatic carbocycles. The summed E-state index contributed by atoms with van der Waals surface area (Å²) in [5.74, 6) is -0.631. The third-order valence-electron chi connectivity index (χ3n) is 2.86. The Labute approximate surface area is 105 Å². The van der Waals surface area contributed by atoms with Crippen LogP contribution in [0.4, 0.5) is 0 Å². The first-order valence-electron chi connectivity index (χ1n) is 6.51. The third-order valence-corrected chi connectivity index (χ3v) is 2.86. The number of carbonyl (C=O) groups is 1. The molecule has 4 heteroatoms. The highest BCUT2D eigenvalue weighted by atomic mass is 16.1. The number of hydrogen-bond acceptors (Lipinski definition) is 3. The molecule has 0 aliphatic rings. The number of nitriles is 1. The van der Waals surface area contributed by atoms with Gasteiger partial charge in [-0.3, -0.25) is 4.79 Å². The molecule has 0 spiro atoms. The molecule has 98 valence electrons. The fraction of sp³-hybridized carbons (Fsp3) is 0.846. The van der Waals surface area contributed by atoms with E-state index in [1.807, 2.05) is 13.8 Å². The normalized spacial score (nSPS) is 14.1. The Hall–Kier alpha value is -1.08. The molecule has 0 bridgehead atoms. The maximum absolute atomic E-state index is 11.8. The SMILES string of the molecule is CCCC(C#N)C(=O)NC(C)CN(CC)CC. The molecule has 0 aliphatic carbocycles. The van der Waals surface area contributed by atoms with Crippen LogP contribution in [-0.4, -0.2) is 36.5 Å². The molecule has 0 saturated heterocycles. The fourth-order valence-corrected chi connectivity index (χ4v) is 1.80. The Kier molecular flexibility index (Phi) is 8.43. The molecule has 4 nitrogen and oxygen atoms in total. The Morgan fingerprint density at radius 3 is 2.35 bits per heavy atom. The minimum atomic E-state index is -0.501. The van der Waals surface area contributed by atoms with Gasteiger partial charge in [0, 0.05) is 12.6 Å². The summed E-state index contributed by atoms with van der Waals surface area (Å²) in [5, 5.41) is 11.8. The molecule has 2 unspecified atom stereocenters. The lowest BCUT2D eigenvalue weighted by Crippen LogP contribution is -2.44. The average Bonchev–Trinajstić information content (AvgIpc) is 2.32. The molecule has 0 radical (unpaired) electrons. The Morgan fingerprint density at radius 2 is 1.94 bits per heavy atom. The lowest BCUT2D eigenvalue weighted by atomic mass is 10.0. The van der Waals surface area contributed by atoms with Crippen LogP contribution >= 0.6 is 0 Å².